The number of para-hydroxylation sites is 1. The van der Waals surface area contributed by atoms with E-state index >= 15 is 0 Å². The molecule has 0 saturated carbocycles. The molecular formula is C11H12N2O2. The Hall–Kier alpha value is -1.97. The van der Waals surface area contributed by atoms with Crippen LogP contribution in [-0.4, -0.2) is 18.1 Å². The molecule has 2 rings (SSSR count). The molecule has 1 aromatic heterocycles. The van der Waals surface area contributed by atoms with Gasteiger partial charge in [0.05, 0.1) is 12.6 Å². The van der Waals surface area contributed by atoms with E-state index in [0.717, 1.165) is 16.5 Å². The van der Waals surface area contributed by atoms with Crippen LogP contribution in [-0.2, 0) is 4.74 Å². The first kappa shape index (κ1) is 9.58. The zero-order chi connectivity index (χ0) is 11.0. The Bertz CT molecular complexity index is 529. The Kier molecular flexibility index (Phi) is 2.11. The average molecular weight is 204 g/mol. The number of ether oxygens (including phenoxy) is 1. The molecular weight excluding hydrogens is 192 g/mol. The zero-order valence-electron chi connectivity index (χ0n) is 8.63. The predicted molar refractivity (Wildman–Crippen MR) is 58.8 cm³/mol. The average Bonchev–Trinajstić information content (AvgIpc) is 2.55. The van der Waals surface area contributed by atoms with E-state index in [0.29, 0.717) is 11.4 Å². The van der Waals surface area contributed by atoms with E-state index in [9.17, 15) is 4.79 Å². The van der Waals surface area contributed by atoms with Crippen molar-refractivity contribution in [2.75, 3.05) is 12.8 Å². The molecule has 0 radical (unpaired) electrons. The molecule has 4 nitrogen and oxygen atoms in total. The lowest BCUT2D eigenvalue weighted by Crippen LogP contribution is -2.03. The molecule has 3 N–H and O–H groups in total. The topological polar surface area (TPSA) is 68.1 Å². The van der Waals surface area contributed by atoms with Crippen molar-refractivity contribution in [2.24, 2.45) is 0 Å². The molecule has 0 amide bonds. The van der Waals surface area contributed by atoms with E-state index in [2.05, 4.69) is 9.72 Å². The normalized spacial score (nSPS) is 10.5. The number of aromatic amines is 1. The van der Waals surface area contributed by atoms with Crippen molar-refractivity contribution >= 4 is 22.7 Å². The van der Waals surface area contributed by atoms with Gasteiger partial charge >= 0.3 is 5.97 Å². The maximum Gasteiger partial charge on any atom is 0.342 e. The highest BCUT2D eigenvalue weighted by atomic mass is 16.5. The van der Waals surface area contributed by atoms with Gasteiger partial charge in [-0.05, 0) is 12.5 Å². The van der Waals surface area contributed by atoms with Gasteiger partial charge in [0.1, 0.15) is 11.4 Å². The fourth-order valence-corrected chi connectivity index (χ4v) is 1.71. The summed E-state index contributed by atoms with van der Waals surface area (Å²) in [6, 6.07) is 5.69. The molecule has 78 valence electrons. The Labute approximate surface area is 87.0 Å². The number of benzene rings is 1. The number of nitrogens with two attached hydrogens (primary N) is 1. The maximum atomic E-state index is 11.5. The second kappa shape index (κ2) is 3.31. The lowest BCUT2D eigenvalue weighted by Gasteiger charge is -1.98. The van der Waals surface area contributed by atoms with E-state index in [1.807, 2.05) is 25.1 Å². The van der Waals surface area contributed by atoms with Crippen LogP contribution in [0.1, 0.15) is 15.9 Å². The van der Waals surface area contributed by atoms with Gasteiger partial charge in [0.25, 0.3) is 0 Å². The van der Waals surface area contributed by atoms with Crippen molar-refractivity contribution in [1.82, 2.24) is 4.98 Å². The highest BCUT2D eigenvalue weighted by Crippen LogP contribution is 2.26. The number of nitrogen functional groups attached to an aromatic ring is 1. The van der Waals surface area contributed by atoms with E-state index in [1.165, 1.54) is 7.11 Å². The molecule has 0 aliphatic heterocycles. The molecule has 0 bridgehead atoms. The summed E-state index contributed by atoms with van der Waals surface area (Å²) in [5.41, 5.74) is 8.09. The molecule has 0 atom stereocenters. The zero-order valence-corrected chi connectivity index (χ0v) is 8.63. The summed E-state index contributed by atoms with van der Waals surface area (Å²) in [7, 11) is 1.34. The second-order valence-corrected chi connectivity index (χ2v) is 3.40. The number of H-pyrrole nitrogens is 1. The van der Waals surface area contributed by atoms with Crippen molar-refractivity contribution < 1.29 is 9.53 Å². The van der Waals surface area contributed by atoms with Crippen LogP contribution in [0.2, 0.25) is 0 Å². The first-order valence-corrected chi connectivity index (χ1v) is 4.60. The second-order valence-electron chi connectivity index (χ2n) is 3.40. The monoisotopic (exact) mass is 204 g/mol. The van der Waals surface area contributed by atoms with Crippen LogP contribution < -0.4 is 5.73 Å². The number of carbonyl (C=O) groups excluding carboxylic acids is 1. The quantitative estimate of drug-likeness (QED) is 0.696. The van der Waals surface area contributed by atoms with Crippen LogP contribution >= 0.6 is 0 Å². The van der Waals surface area contributed by atoms with E-state index in [-0.39, 0.29) is 0 Å². The van der Waals surface area contributed by atoms with Crippen molar-refractivity contribution in [3.8, 4) is 0 Å². The van der Waals surface area contributed by atoms with Gasteiger partial charge in [-0.2, -0.15) is 0 Å². The molecule has 4 heteroatoms. The van der Waals surface area contributed by atoms with Gasteiger partial charge in [0.2, 0.25) is 0 Å². The van der Waals surface area contributed by atoms with Crippen molar-refractivity contribution in [2.45, 2.75) is 6.92 Å². The summed E-state index contributed by atoms with van der Waals surface area (Å²) in [4.78, 5) is 14.5. The number of aromatic nitrogens is 1. The molecule has 0 saturated heterocycles. The summed E-state index contributed by atoms with van der Waals surface area (Å²) in [6.07, 6.45) is 0. The standard InChI is InChI=1S/C11H12N2O2/c1-6-4-3-5-7-8(11(14)15-2)10(12)13-9(6)7/h3-5,13H,12H2,1-2H3. The number of fused-ring (bicyclic) bond motifs is 1. The molecule has 1 heterocycles. The fraction of sp³-hybridized carbons (Fsp3) is 0.182. The lowest BCUT2D eigenvalue weighted by atomic mass is 10.1. The maximum absolute atomic E-state index is 11.5. The molecule has 0 aliphatic rings. The Morgan fingerprint density at radius 3 is 2.87 bits per heavy atom. The Morgan fingerprint density at radius 1 is 1.47 bits per heavy atom. The number of rotatable bonds is 1. The highest BCUT2D eigenvalue weighted by molar-refractivity contribution is 6.09. The molecule has 0 aliphatic carbocycles. The van der Waals surface area contributed by atoms with Crippen molar-refractivity contribution in [1.29, 1.82) is 0 Å². The number of hydrogen-bond donors (Lipinski definition) is 2. The van der Waals surface area contributed by atoms with Gasteiger partial charge in [-0.15, -0.1) is 0 Å². The van der Waals surface area contributed by atoms with Crippen LogP contribution in [0.3, 0.4) is 0 Å². The number of carbonyl (C=O) groups is 1. The van der Waals surface area contributed by atoms with Crippen molar-refractivity contribution in [3.05, 3.63) is 29.3 Å². The smallest absolute Gasteiger partial charge is 0.342 e. The summed E-state index contributed by atoms with van der Waals surface area (Å²) >= 11 is 0. The van der Waals surface area contributed by atoms with E-state index < -0.39 is 5.97 Å². The summed E-state index contributed by atoms with van der Waals surface area (Å²) < 4.78 is 4.68. The van der Waals surface area contributed by atoms with Crippen LogP contribution in [0.25, 0.3) is 10.9 Å². The highest BCUT2D eigenvalue weighted by Gasteiger charge is 2.17. The van der Waals surface area contributed by atoms with Gasteiger partial charge in [0.15, 0.2) is 0 Å². The molecule has 15 heavy (non-hydrogen) atoms. The molecule has 1 aromatic carbocycles. The van der Waals surface area contributed by atoms with Crippen molar-refractivity contribution in [3.63, 3.8) is 0 Å². The van der Waals surface area contributed by atoms with Gasteiger partial charge < -0.3 is 15.5 Å². The summed E-state index contributed by atoms with van der Waals surface area (Å²) in [5, 5.41) is 0.805. The number of hydrogen-bond acceptors (Lipinski definition) is 3. The largest absolute Gasteiger partial charge is 0.465 e. The summed E-state index contributed by atoms with van der Waals surface area (Å²) in [5.74, 6) is -0.0597. The fourth-order valence-electron chi connectivity index (χ4n) is 1.71. The summed E-state index contributed by atoms with van der Waals surface area (Å²) in [6.45, 7) is 1.96. The Morgan fingerprint density at radius 2 is 2.20 bits per heavy atom. The third kappa shape index (κ3) is 1.34. The first-order valence-electron chi connectivity index (χ1n) is 4.60. The van der Waals surface area contributed by atoms with Crippen LogP contribution in [0.5, 0.6) is 0 Å². The van der Waals surface area contributed by atoms with E-state index in [1.54, 1.807) is 0 Å². The van der Waals surface area contributed by atoms with Crippen LogP contribution in [0.15, 0.2) is 18.2 Å². The molecule has 0 unspecified atom stereocenters. The third-order valence-corrected chi connectivity index (χ3v) is 2.46. The number of anilines is 1. The SMILES string of the molecule is COC(=O)c1c(N)[nH]c2c(C)cccc12. The van der Waals surface area contributed by atoms with Gasteiger partial charge in [-0.1, -0.05) is 18.2 Å². The molecule has 2 aromatic rings. The first-order chi connectivity index (χ1) is 7.15. The van der Waals surface area contributed by atoms with E-state index in [4.69, 9.17) is 5.73 Å². The van der Waals surface area contributed by atoms with Gasteiger partial charge in [0, 0.05) is 5.39 Å². The number of esters is 1. The van der Waals surface area contributed by atoms with Crippen LogP contribution in [0, 0.1) is 6.92 Å². The number of nitrogens with one attached hydrogen (secondary N) is 1. The minimum Gasteiger partial charge on any atom is -0.465 e. The molecule has 0 spiro atoms. The van der Waals surface area contributed by atoms with Gasteiger partial charge in [-0.25, -0.2) is 4.79 Å². The third-order valence-electron chi connectivity index (χ3n) is 2.46. The van der Waals surface area contributed by atoms with Gasteiger partial charge in [-0.3, -0.25) is 0 Å². The Balaban J connectivity index is 2.79. The minimum atomic E-state index is -0.413. The number of methoxy groups -OCH3 is 1. The number of aryl methyl sites for hydroxylation is 1. The minimum absolute atomic E-state index is 0.353. The molecule has 0 fully saturated rings. The predicted octanol–water partition coefficient (Wildman–Crippen LogP) is 1.85. The lowest BCUT2D eigenvalue weighted by molar-refractivity contribution is 0.0604. The van der Waals surface area contributed by atoms with Crippen LogP contribution in [0.4, 0.5) is 5.82 Å².